The Hall–Kier alpha value is -4.01. The minimum Gasteiger partial charge on any atom is -0.464 e. The van der Waals surface area contributed by atoms with Crippen LogP contribution in [0.15, 0.2) is 60.7 Å². The van der Waals surface area contributed by atoms with Crippen LogP contribution in [-0.2, 0) is 35.5 Å². The van der Waals surface area contributed by atoms with Crippen LogP contribution in [-0.4, -0.2) is 46.9 Å². The number of ether oxygens (including phenoxy) is 1. The molecule has 0 saturated carbocycles. The molecule has 0 bridgehead atoms. The molecule has 5 aromatic rings. The second-order valence-corrected chi connectivity index (χ2v) is 13.2. The molecule has 0 unspecified atom stereocenters. The van der Waals surface area contributed by atoms with Crippen molar-refractivity contribution in [3.8, 4) is 22.5 Å². The minimum absolute atomic E-state index is 0.202. The van der Waals surface area contributed by atoms with Gasteiger partial charge in [-0.15, -0.1) is 0 Å². The van der Waals surface area contributed by atoms with E-state index in [1.807, 2.05) is 12.1 Å². The maximum absolute atomic E-state index is 14.7. The topological polar surface area (TPSA) is 60.2 Å². The minimum atomic E-state index is -0.333. The molecule has 0 amide bonds. The maximum Gasteiger partial charge on any atom is 0.302 e. The molecular formula is C39H44F2N4O2. The Balaban J connectivity index is 1.37. The highest BCUT2D eigenvalue weighted by molar-refractivity contribution is 5.94. The molecule has 3 aromatic carbocycles. The Morgan fingerprint density at radius 3 is 1.68 bits per heavy atom. The fourth-order valence-corrected chi connectivity index (χ4v) is 7.97. The van der Waals surface area contributed by atoms with Crippen LogP contribution in [0.25, 0.3) is 44.3 Å². The van der Waals surface area contributed by atoms with Crippen molar-refractivity contribution < 1.29 is 18.3 Å². The van der Waals surface area contributed by atoms with Crippen molar-refractivity contribution in [2.24, 2.45) is 0 Å². The lowest BCUT2D eigenvalue weighted by Crippen LogP contribution is -2.24. The highest BCUT2D eigenvalue weighted by Crippen LogP contribution is 2.40. The SMILES string of the molecule is CCCn1c(-c2ccc(-c3c(C[C@@H]4CCCN4)c4ccc(F)cc4n3CCOC(C)=O)cc2)c(C[C@@H]2CCCN2)c2ccc(F)cc21. The standard InChI is InChI=1S/C39H44F2N4O2/c1-3-18-44-36-21-28(40)12-14-32(36)34(23-30-6-4-16-42-30)38(44)26-8-10-27(11-9-26)39-35(24-31-7-5-17-43-31)33-15-13-29(41)22-37(33)45(39)19-20-47-25(2)46/h8-15,21-22,30-31,42-43H,3-7,16-20,23-24H2,1-2H3/t30-,31-/m0/s1. The van der Waals surface area contributed by atoms with Crippen molar-refractivity contribution in [2.45, 2.75) is 84.0 Å². The summed E-state index contributed by atoms with van der Waals surface area (Å²) in [5.41, 5.74) is 8.51. The molecule has 2 aromatic heterocycles. The number of nitrogens with one attached hydrogen (secondary N) is 2. The first kappa shape index (κ1) is 31.6. The van der Waals surface area contributed by atoms with Crippen LogP contribution in [0.2, 0.25) is 0 Å². The second-order valence-electron chi connectivity index (χ2n) is 13.2. The highest BCUT2D eigenvalue weighted by atomic mass is 19.1. The number of aryl methyl sites for hydroxylation is 1. The number of esters is 1. The number of carbonyl (C=O) groups is 1. The third-order valence-corrected chi connectivity index (χ3v) is 9.99. The lowest BCUT2D eigenvalue weighted by molar-refractivity contribution is -0.141. The number of fused-ring (bicyclic) bond motifs is 2. The molecule has 246 valence electrons. The molecule has 6 nitrogen and oxygen atoms in total. The molecule has 2 N–H and O–H groups in total. The molecule has 2 fully saturated rings. The monoisotopic (exact) mass is 638 g/mol. The largest absolute Gasteiger partial charge is 0.464 e. The van der Waals surface area contributed by atoms with Crippen molar-refractivity contribution in [3.63, 3.8) is 0 Å². The van der Waals surface area contributed by atoms with Gasteiger partial charge in [0.15, 0.2) is 0 Å². The van der Waals surface area contributed by atoms with Gasteiger partial charge >= 0.3 is 5.97 Å². The number of rotatable bonds is 11. The Kier molecular flexibility index (Phi) is 9.15. The summed E-state index contributed by atoms with van der Waals surface area (Å²) in [5, 5.41) is 9.45. The highest BCUT2D eigenvalue weighted by Gasteiger charge is 2.26. The van der Waals surface area contributed by atoms with Crippen LogP contribution in [0.3, 0.4) is 0 Å². The summed E-state index contributed by atoms with van der Waals surface area (Å²) in [6.07, 6.45) is 7.20. The summed E-state index contributed by atoms with van der Waals surface area (Å²) >= 11 is 0. The van der Waals surface area contributed by atoms with E-state index in [0.717, 1.165) is 102 Å². The smallest absolute Gasteiger partial charge is 0.302 e. The van der Waals surface area contributed by atoms with Gasteiger partial charge < -0.3 is 24.5 Å². The molecule has 8 heteroatoms. The van der Waals surface area contributed by atoms with Crippen LogP contribution in [0.5, 0.6) is 0 Å². The number of hydrogen-bond donors (Lipinski definition) is 2. The lowest BCUT2D eigenvalue weighted by atomic mass is 9.95. The van der Waals surface area contributed by atoms with Crippen LogP contribution >= 0.6 is 0 Å². The fourth-order valence-electron chi connectivity index (χ4n) is 7.97. The normalized spacial score (nSPS) is 18.1. The van der Waals surface area contributed by atoms with Crippen molar-refractivity contribution in [3.05, 3.63) is 83.4 Å². The molecule has 2 saturated heterocycles. The van der Waals surface area contributed by atoms with Crippen molar-refractivity contribution in [2.75, 3.05) is 19.7 Å². The fraction of sp³-hybridized carbons (Fsp3) is 0.410. The average Bonchev–Trinajstić information content (AvgIpc) is 3.86. The van der Waals surface area contributed by atoms with E-state index in [-0.39, 0.29) is 24.2 Å². The molecular weight excluding hydrogens is 594 g/mol. The van der Waals surface area contributed by atoms with Gasteiger partial charge in [0.2, 0.25) is 0 Å². The average molecular weight is 639 g/mol. The van der Waals surface area contributed by atoms with Gasteiger partial charge in [0.05, 0.1) is 29.0 Å². The van der Waals surface area contributed by atoms with E-state index in [1.54, 1.807) is 18.2 Å². The first-order chi connectivity index (χ1) is 22.9. The molecule has 4 heterocycles. The first-order valence-electron chi connectivity index (χ1n) is 17.2. The summed E-state index contributed by atoms with van der Waals surface area (Å²) < 4.78 is 39.1. The van der Waals surface area contributed by atoms with Crippen molar-refractivity contribution in [1.29, 1.82) is 0 Å². The van der Waals surface area contributed by atoms with Crippen molar-refractivity contribution in [1.82, 2.24) is 19.8 Å². The number of carbonyl (C=O) groups excluding carboxylic acids is 1. The zero-order valence-corrected chi connectivity index (χ0v) is 27.4. The quantitative estimate of drug-likeness (QED) is 0.145. The molecule has 7 rings (SSSR count). The number of aromatic nitrogens is 2. The molecule has 0 aliphatic carbocycles. The number of halogens is 2. The number of benzene rings is 3. The predicted molar refractivity (Wildman–Crippen MR) is 185 cm³/mol. The van der Waals surface area contributed by atoms with E-state index in [9.17, 15) is 13.6 Å². The van der Waals surface area contributed by atoms with Gasteiger partial charge in [-0.3, -0.25) is 4.79 Å². The molecule has 0 spiro atoms. The Morgan fingerprint density at radius 1 is 0.766 bits per heavy atom. The third-order valence-electron chi connectivity index (χ3n) is 9.99. The zero-order valence-electron chi connectivity index (χ0n) is 27.4. The molecule has 47 heavy (non-hydrogen) atoms. The summed E-state index contributed by atoms with van der Waals surface area (Å²) in [5.74, 6) is -0.845. The van der Waals surface area contributed by atoms with E-state index in [4.69, 9.17) is 4.74 Å². The van der Waals surface area contributed by atoms with E-state index < -0.39 is 0 Å². The van der Waals surface area contributed by atoms with Crippen LogP contribution in [0.1, 0.15) is 57.1 Å². The molecule has 2 atom stereocenters. The summed E-state index contributed by atoms with van der Waals surface area (Å²) in [6, 6.07) is 19.7. The number of hydrogen-bond acceptors (Lipinski definition) is 4. The van der Waals surface area contributed by atoms with Gasteiger partial charge in [-0.05, 0) is 117 Å². The van der Waals surface area contributed by atoms with E-state index in [2.05, 4.69) is 51.0 Å². The van der Waals surface area contributed by atoms with Gasteiger partial charge in [-0.2, -0.15) is 0 Å². The lowest BCUT2D eigenvalue weighted by Gasteiger charge is -2.17. The predicted octanol–water partition coefficient (Wildman–Crippen LogP) is 7.77. The van der Waals surface area contributed by atoms with E-state index in [0.29, 0.717) is 18.6 Å². The van der Waals surface area contributed by atoms with Gasteiger partial charge in [0, 0.05) is 36.3 Å². The van der Waals surface area contributed by atoms with Crippen LogP contribution < -0.4 is 10.6 Å². The first-order valence-corrected chi connectivity index (χ1v) is 17.2. The zero-order chi connectivity index (χ0) is 32.5. The number of nitrogens with zero attached hydrogens (tertiary/aromatic N) is 2. The Morgan fingerprint density at radius 2 is 1.26 bits per heavy atom. The van der Waals surface area contributed by atoms with Gasteiger partial charge in [0.25, 0.3) is 0 Å². The van der Waals surface area contributed by atoms with Crippen LogP contribution in [0.4, 0.5) is 8.78 Å². The van der Waals surface area contributed by atoms with Crippen molar-refractivity contribution >= 4 is 27.8 Å². The van der Waals surface area contributed by atoms with Gasteiger partial charge in [-0.1, -0.05) is 31.2 Å². The summed E-state index contributed by atoms with van der Waals surface area (Å²) in [7, 11) is 0. The Bertz CT molecular complexity index is 1900. The molecule has 2 aliphatic heterocycles. The summed E-state index contributed by atoms with van der Waals surface area (Å²) in [4.78, 5) is 11.7. The third kappa shape index (κ3) is 6.33. The van der Waals surface area contributed by atoms with Gasteiger partial charge in [-0.25, -0.2) is 8.78 Å². The maximum atomic E-state index is 14.7. The molecule has 0 radical (unpaired) electrons. The van der Waals surface area contributed by atoms with E-state index in [1.165, 1.54) is 30.5 Å². The van der Waals surface area contributed by atoms with Crippen LogP contribution in [0, 0.1) is 11.6 Å². The molecule has 2 aliphatic rings. The summed E-state index contributed by atoms with van der Waals surface area (Å²) in [6.45, 7) is 7.02. The van der Waals surface area contributed by atoms with E-state index >= 15 is 0 Å². The van der Waals surface area contributed by atoms with Gasteiger partial charge in [0.1, 0.15) is 18.2 Å². The second kappa shape index (κ2) is 13.6. The Labute approximate surface area is 275 Å².